The first-order valence-corrected chi connectivity index (χ1v) is 14.6. The second kappa shape index (κ2) is 11.2. The maximum Gasteiger partial charge on any atom is 0.228 e. The number of hydrogen-bond donors (Lipinski definition) is 0. The average molecular weight is 502 g/mol. The molecule has 1 amide bonds. The van der Waals surface area contributed by atoms with Gasteiger partial charge in [-0.25, -0.2) is 13.4 Å². The minimum absolute atomic E-state index is 0.0473. The van der Waals surface area contributed by atoms with Gasteiger partial charge < -0.3 is 14.2 Å². The molecule has 1 aromatic heterocycles. The zero-order valence-corrected chi connectivity index (χ0v) is 22.1. The van der Waals surface area contributed by atoms with Crippen molar-refractivity contribution in [2.45, 2.75) is 89.4 Å². The molecule has 1 aromatic carbocycles. The van der Waals surface area contributed by atoms with Gasteiger partial charge in [0.2, 0.25) is 20.9 Å². The lowest BCUT2D eigenvalue weighted by molar-refractivity contribution is -0.137. The normalized spacial score (nSPS) is 19.0. The highest BCUT2D eigenvalue weighted by Gasteiger charge is 2.32. The summed E-state index contributed by atoms with van der Waals surface area (Å²) in [6, 6.07) is 7.55. The van der Waals surface area contributed by atoms with Gasteiger partial charge in [-0.2, -0.15) is 0 Å². The lowest BCUT2D eigenvalue weighted by Crippen LogP contribution is -2.40. The summed E-state index contributed by atoms with van der Waals surface area (Å²) >= 11 is 0. The highest BCUT2D eigenvalue weighted by Crippen LogP contribution is 2.29. The van der Waals surface area contributed by atoms with E-state index in [0.29, 0.717) is 19.6 Å². The number of carbonyl (C=O) groups excluding carboxylic acids is 1. The fraction of sp³-hybridized carbons (Fsp3) is 0.630. The molecule has 1 atom stereocenters. The zero-order chi connectivity index (χ0) is 25.0. The van der Waals surface area contributed by atoms with Crippen LogP contribution in [0.3, 0.4) is 0 Å². The molecule has 0 N–H and O–H groups in total. The van der Waals surface area contributed by atoms with E-state index in [2.05, 4.69) is 18.8 Å². The van der Waals surface area contributed by atoms with Gasteiger partial charge in [0.25, 0.3) is 0 Å². The molecule has 0 radical (unpaired) electrons. The molecular weight excluding hydrogens is 462 g/mol. The number of sulfone groups is 1. The van der Waals surface area contributed by atoms with Crippen molar-refractivity contribution >= 4 is 15.7 Å². The Balaban J connectivity index is 1.63. The maximum absolute atomic E-state index is 13.5. The van der Waals surface area contributed by atoms with Crippen LogP contribution in [0.5, 0.6) is 0 Å². The number of hydrogen-bond acceptors (Lipinski definition) is 5. The molecule has 0 spiro atoms. The number of imidazole rings is 1. The van der Waals surface area contributed by atoms with E-state index in [9.17, 15) is 13.2 Å². The number of amides is 1. The van der Waals surface area contributed by atoms with E-state index in [0.717, 1.165) is 62.0 Å². The molecule has 35 heavy (non-hydrogen) atoms. The van der Waals surface area contributed by atoms with Crippen LogP contribution in [0.2, 0.25) is 0 Å². The molecule has 1 saturated carbocycles. The first-order valence-electron chi connectivity index (χ1n) is 13.0. The highest BCUT2D eigenvalue weighted by atomic mass is 32.2. The Morgan fingerprint density at radius 1 is 1.17 bits per heavy atom. The summed E-state index contributed by atoms with van der Waals surface area (Å²) in [5, 5.41) is 0.0924. The van der Waals surface area contributed by atoms with Crippen molar-refractivity contribution in [2.24, 2.45) is 11.8 Å². The maximum atomic E-state index is 13.5. The lowest BCUT2D eigenvalue weighted by Gasteiger charge is -2.28. The molecule has 192 valence electrons. The van der Waals surface area contributed by atoms with E-state index >= 15 is 0 Å². The minimum atomic E-state index is -3.66. The molecule has 8 heteroatoms. The zero-order valence-electron chi connectivity index (χ0n) is 21.3. The Morgan fingerprint density at radius 2 is 1.91 bits per heavy atom. The van der Waals surface area contributed by atoms with E-state index in [1.807, 2.05) is 40.7 Å². The van der Waals surface area contributed by atoms with Gasteiger partial charge in [0.15, 0.2) is 0 Å². The van der Waals surface area contributed by atoms with E-state index in [1.165, 1.54) is 0 Å². The van der Waals surface area contributed by atoms with Crippen LogP contribution >= 0.6 is 0 Å². The van der Waals surface area contributed by atoms with Crippen molar-refractivity contribution in [3.8, 4) is 0 Å². The largest absolute Gasteiger partial charge is 0.376 e. The Kier molecular flexibility index (Phi) is 8.32. The topological polar surface area (TPSA) is 81.5 Å². The molecule has 1 aliphatic carbocycles. The summed E-state index contributed by atoms with van der Waals surface area (Å²) in [5.41, 5.74) is 2.50. The van der Waals surface area contributed by atoms with Crippen LogP contribution in [0.15, 0.2) is 35.6 Å². The van der Waals surface area contributed by atoms with Crippen molar-refractivity contribution in [2.75, 3.05) is 13.2 Å². The second-order valence-corrected chi connectivity index (χ2v) is 12.4. The Bertz CT molecular complexity index is 1110. The third-order valence-corrected chi connectivity index (χ3v) is 8.72. The van der Waals surface area contributed by atoms with Crippen LogP contribution in [0.25, 0.3) is 0 Å². The van der Waals surface area contributed by atoms with Crippen LogP contribution in [-0.2, 0) is 38.2 Å². The summed E-state index contributed by atoms with van der Waals surface area (Å²) in [5.74, 6) is 0.365. The van der Waals surface area contributed by atoms with Gasteiger partial charge in [0.1, 0.15) is 0 Å². The fourth-order valence-corrected chi connectivity index (χ4v) is 6.86. The lowest BCUT2D eigenvalue weighted by atomic mass is 10.1. The monoisotopic (exact) mass is 501 g/mol. The van der Waals surface area contributed by atoms with Gasteiger partial charge in [-0.3, -0.25) is 4.79 Å². The summed E-state index contributed by atoms with van der Waals surface area (Å²) < 4.78 is 34.7. The molecule has 2 heterocycles. The predicted octanol–water partition coefficient (Wildman–Crippen LogP) is 4.52. The van der Waals surface area contributed by atoms with Crippen molar-refractivity contribution in [1.29, 1.82) is 0 Å². The van der Waals surface area contributed by atoms with E-state index < -0.39 is 9.84 Å². The summed E-state index contributed by atoms with van der Waals surface area (Å²) in [6.45, 7) is 8.23. The Hall–Kier alpha value is -2.19. The predicted molar refractivity (Wildman–Crippen MR) is 135 cm³/mol. The van der Waals surface area contributed by atoms with Crippen LogP contribution in [0.4, 0.5) is 0 Å². The SMILES string of the molecule is Cc1ccccc1CS(=O)(=O)c1ncc(CN(CC2CCCO2)C(=O)C2CCCC2)n1CC(C)C. The van der Waals surface area contributed by atoms with E-state index in [-0.39, 0.29) is 34.8 Å². The van der Waals surface area contributed by atoms with Gasteiger partial charge in [0.05, 0.1) is 30.3 Å². The molecule has 4 rings (SSSR count). The molecular formula is C27H39N3O4S. The summed E-state index contributed by atoms with van der Waals surface area (Å²) in [4.78, 5) is 19.8. The van der Waals surface area contributed by atoms with Gasteiger partial charge in [-0.05, 0) is 49.7 Å². The van der Waals surface area contributed by atoms with Crippen LogP contribution in [-0.4, -0.2) is 48.0 Å². The van der Waals surface area contributed by atoms with Gasteiger partial charge in [-0.15, -0.1) is 0 Å². The third kappa shape index (κ3) is 6.33. The van der Waals surface area contributed by atoms with Crippen LogP contribution < -0.4 is 0 Å². The molecule has 1 aliphatic heterocycles. The molecule has 1 unspecified atom stereocenters. The van der Waals surface area contributed by atoms with Gasteiger partial charge in [0, 0.05) is 25.6 Å². The quantitative estimate of drug-likeness (QED) is 0.478. The molecule has 2 fully saturated rings. The fourth-order valence-electron chi connectivity index (χ4n) is 5.26. The van der Waals surface area contributed by atoms with E-state index in [1.54, 1.807) is 6.20 Å². The third-order valence-electron chi connectivity index (χ3n) is 7.15. The first kappa shape index (κ1) is 25.9. The Morgan fingerprint density at radius 3 is 2.57 bits per heavy atom. The number of rotatable bonds is 10. The van der Waals surface area contributed by atoms with Gasteiger partial charge >= 0.3 is 0 Å². The Labute approximate surface area is 209 Å². The smallest absolute Gasteiger partial charge is 0.228 e. The number of aromatic nitrogens is 2. The number of benzene rings is 1. The minimum Gasteiger partial charge on any atom is -0.376 e. The van der Waals surface area contributed by atoms with Crippen molar-refractivity contribution in [1.82, 2.24) is 14.5 Å². The van der Waals surface area contributed by atoms with Crippen molar-refractivity contribution < 1.29 is 17.9 Å². The first-order chi connectivity index (χ1) is 16.7. The number of aryl methyl sites for hydroxylation is 1. The molecule has 7 nitrogen and oxygen atoms in total. The van der Waals surface area contributed by atoms with Crippen LogP contribution in [0.1, 0.15) is 69.2 Å². The number of ether oxygens (including phenoxy) is 1. The molecule has 1 saturated heterocycles. The number of nitrogens with zero attached hydrogens (tertiary/aromatic N) is 3. The average Bonchev–Trinajstić information content (AvgIpc) is 3.57. The van der Waals surface area contributed by atoms with Gasteiger partial charge in [-0.1, -0.05) is 51.0 Å². The molecule has 2 aliphatic rings. The summed E-state index contributed by atoms with van der Waals surface area (Å²) in [7, 11) is -3.66. The van der Waals surface area contributed by atoms with E-state index in [4.69, 9.17) is 4.74 Å². The summed E-state index contributed by atoms with van der Waals surface area (Å²) in [6.07, 6.45) is 7.72. The molecule has 0 bridgehead atoms. The molecule has 2 aromatic rings. The highest BCUT2D eigenvalue weighted by molar-refractivity contribution is 7.90. The second-order valence-electron chi connectivity index (χ2n) is 10.6. The van der Waals surface area contributed by atoms with Crippen LogP contribution in [0, 0.1) is 18.8 Å². The van der Waals surface area contributed by atoms with Crippen molar-refractivity contribution in [3.05, 3.63) is 47.3 Å². The number of carbonyl (C=O) groups is 1. The standard InChI is InChI=1S/C27H39N3O4S/c1-20(2)16-30-24(15-28-27(30)35(32,33)19-23-12-5-4-9-21(23)3)17-29(18-25-13-8-14-34-25)26(31)22-10-6-7-11-22/h4-5,9,12,15,20,22,25H,6-8,10-11,13-14,16-19H2,1-3H3. The van der Waals surface area contributed by atoms with Crippen molar-refractivity contribution in [3.63, 3.8) is 0 Å².